The third-order valence-electron chi connectivity index (χ3n) is 4.97. The van der Waals surface area contributed by atoms with E-state index in [-0.39, 0.29) is 45.9 Å². The first-order valence-electron chi connectivity index (χ1n) is 10.0. The average molecular weight is 517 g/mol. The molecule has 1 N–H and O–H groups in total. The van der Waals surface area contributed by atoms with Crippen LogP contribution in [0.15, 0.2) is 52.4 Å². The first-order valence-corrected chi connectivity index (χ1v) is 11.0. The summed E-state index contributed by atoms with van der Waals surface area (Å²) in [6.45, 7) is 1.62. The van der Waals surface area contributed by atoms with Gasteiger partial charge in [-0.3, -0.25) is 14.9 Å². The molecule has 0 aliphatic heterocycles. The Bertz CT molecular complexity index is 1260. The van der Waals surface area contributed by atoms with E-state index in [1.54, 1.807) is 6.92 Å². The van der Waals surface area contributed by atoms with E-state index in [1.807, 2.05) is 0 Å². The van der Waals surface area contributed by atoms with Gasteiger partial charge in [0.1, 0.15) is 0 Å². The Labute approximate surface area is 198 Å². The number of nitro groups is 1. The van der Waals surface area contributed by atoms with Crippen molar-refractivity contribution >= 4 is 17.4 Å². The number of benzene rings is 2. The van der Waals surface area contributed by atoms with Crippen molar-refractivity contribution in [3.05, 3.63) is 96.4 Å². The lowest BCUT2D eigenvalue weighted by Crippen LogP contribution is -2.19. The van der Waals surface area contributed by atoms with Crippen molar-refractivity contribution in [2.75, 3.05) is 0 Å². The van der Waals surface area contributed by atoms with Crippen LogP contribution in [0, 0.1) is 10.1 Å². The molecule has 35 heavy (non-hydrogen) atoms. The number of nitrogens with one attached hydrogen (secondary N) is 1. The van der Waals surface area contributed by atoms with Crippen molar-refractivity contribution in [3.8, 4) is 0 Å². The Balaban J connectivity index is 1.93. The third kappa shape index (κ3) is 6.62. The second kappa shape index (κ2) is 10.1. The number of hydrogen-bond donors (Lipinski definition) is 1. The molecule has 0 fully saturated rings. The molecule has 0 bridgehead atoms. The molecule has 0 atom stereocenters. The number of rotatable bonds is 7. The maximum absolute atomic E-state index is 13.2. The molecular formula is C22H17F6N3O3S. The number of thioether (sulfide) groups is 1. The SMILES string of the molecule is CCc1c(Cc2cc(C(F)(F)F)cc(C(F)(F)F)c2)nc(SCc2ccc([N+](=O)[O-])cc2)[nH]c1=O. The van der Waals surface area contributed by atoms with Gasteiger partial charge in [-0.15, -0.1) is 0 Å². The Kier molecular flexibility index (Phi) is 7.58. The summed E-state index contributed by atoms with van der Waals surface area (Å²) in [5.74, 6) is 0.258. The fourth-order valence-electron chi connectivity index (χ4n) is 3.28. The van der Waals surface area contributed by atoms with E-state index in [0.717, 1.165) is 11.8 Å². The Morgan fingerprint density at radius 1 is 0.971 bits per heavy atom. The van der Waals surface area contributed by atoms with E-state index in [1.165, 1.54) is 24.3 Å². The molecule has 0 aliphatic carbocycles. The number of non-ortho nitro benzene ring substituents is 1. The Hall–Kier alpha value is -3.35. The van der Waals surface area contributed by atoms with Crippen LogP contribution in [0.25, 0.3) is 0 Å². The monoisotopic (exact) mass is 517 g/mol. The second-order valence-corrected chi connectivity index (χ2v) is 8.42. The molecule has 1 aromatic heterocycles. The van der Waals surface area contributed by atoms with E-state index >= 15 is 0 Å². The number of aromatic nitrogens is 2. The molecule has 0 aliphatic rings. The fourth-order valence-corrected chi connectivity index (χ4v) is 4.12. The number of aromatic amines is 1. The highest BCUT2D eigenvalue weighted by Gasteiger charge is 2.37. The number of nitro benzene ring substituents is 1. The molecule has 186 valence electrons. The van der Waals surface area contributed by atoms with Gasteiger partial charge in [0.05, 0.1) is 21.7 Å². The van der Waals surface area contributed by atoms with Crippen molar-refractivity contribution in [1.82, 2.24) is 9.97 Å². The average Bonchev–Trinajstić information content (AvgIpc) is 2.76. The molecule has 1 heterocycles. The maximum Gasteiger partial charge on any atom is 0.416 e. The maximum atomic E-state index is 13.2. The van der Waals surface area contributed by atoms with Gasteiger partial charge in [-0.1, -0.05) is 30.8 Å². The van der Waals surface area contributed by atoms with Gasteiger partial charge in [-0.05, 0) is 35.7 Å². The summed E-state index contributed by atoms with van der Waals surface area (Å²) in [7, 11) is 0. The number of nitrogens with zero attached hydrogens (tertiary/aromatic N) is 2. The summed E-state index contributed by atoms with van der Waals surface area (Å²) in [5, 5.41) is 10.9. The molecule has 3 rings (SSSR count). The second-order valence-electron chi connectivity index (χ2n) is 7.45. The van der Waals surface area contributed by atoms with Crippen molar-refractivity contribution in [2.24, 2.45) is 0 Å². The van der Waals surface area contributed by atoms with Gasteiger partial charge in [-0.25, -0.2) is 4.98 Å². The zero-order valence-corrected chi connectivity index (χ0v) is 18.8. The normalized spacial score (nSPS) is 12.1. The lowest BCUT2D eigenvalue weighted by atomic mass is 9.99. The van der Waals surface area contributed by atoms with Crippen LogP contribution in [0.5, 0.6) is 0 Å². The topological polar surface area (TPSA) is 88.9 Å². The van der Waals surface area contributed by atoms with Gasteiger partial charge in [0.2, 0.25) is 0 Å². The molecule has 0 amide bonds. The highest BCUT2D eigenvalue weighted by molar-refractivity contribution is 7.98. The molecule has 2 aromatic carbocycles. The van der Waals surface area contributed by atoms with Crippen molar-refractivity contribution in [3.63, 3.8) is 0 Å². The number of halogens is 6. The Morgan fingerprint density at radius 3 is 2.03 bits per heavy atom. The molecule has 0 spiro atoms. The predicted molar refractivity (Wildman–Crippen MR) is 116 cm³/mol. The van der Waals surface area contributed by atoms with E-state index in [4.69, 9.17) is 0 Å². The predicted octanol–water partition coefficient (Wildman–Crippen LogP) is 6.16. The zero-order chi connectivity index (χ0) is 26.0. The van der Waals surface area contributed by atoms with E-state index in [2.05, 4.69) is 9.97 Å². The highest BCUT2D eigenvalue weighted by Crippen LogP contribution is 2.36. The van der Waals surface area contributed by atoms with Gasteiger partial charge in [0.25, 0.3) is 11.2 Å². The molecule has 3 aromatic rings. The molecule has 13 heteroatoms. The van der Waals surface area contributed by atoms with Crippen molar-refractivity contribution in [2.45, 2.75) is 43.0 Å². The Morgan fingerprint density at radius 2 is 1.54 bits per heavy atom. The van der Waals surface area contributed by atoms with Crippen molar-refractivity contribution in [1.29, 1.82) is 0 Å². The standard InChI is InChI=1S/C22H17F6N3O3S/c1-2-17-18(9-13-7-14(21(23,24)25)10-15(8-13)22(26,27)28)29-20(30-19(17)32)35-11-12-3-5-16(6-4-12)31(33)34/h3-8,10H,2,9,11H2,1H3,(H,29,30,32). The van der Waals surface area contributed by atoms with Crippen LogP contribution in [-0.4, -0.2) is 14.9 Å². The van der Waals surface area contributed by atoms with Crippen LogP contribution in [0.4, 0.5) is 32.0 Å². The van der Waals surface area contributed by atoms with E-state index in [9.17, 15) is 41.3 Å². The zero-order valence-electron chi connectivity index (χ0n) is 18.0. The minimum absolute atomic E-state index is 0.0426. The van der Waals surface area contributed by atoms with Gasteiger partial charge in [0.15, 0.2) is 5.16 Å². The van der Waals surface area contributed by atoms with Crippen LogP contribution >= 0.6 is 11.8 Å². The molecule has 0 radical (unpaired) electrons. The summed E-state index contributed by atoms with van der Waals surface area (Å²) in [6.07, 6.45) is -10.2. The lowest BCUT2D eigenvalue weighted by molar-refractivity contribution is -0.384. The van der Waals surface area contributed by atoms with E-state index in [0.29, 0.717) is 17.7 Å². The van der Waals surface area contributed by atoms with Gasteiger partial charge in [0, 0.05) is 29.9 Å². The molecule has 0 unspecified atom stereocenters. The van der Waals surface area contributed by atoms with Gasteiger partial charge in [-0.2, -0.15) is 26.3 Å². The van der Waals surface area contributed by atoms with Crippen LogP contribution in [0.2, 0.25) is 0 Å². The van der Waals surface area contributed by atoms with Crippen LogP contribution < -0.4 is 5.56 Å². The smallest absolute Gasteiger partial charge is 0.301 e. The molecular weight excluding hydrogens is 500 g/mol. The molecule has 0 saturated heterocycles. The van der Waals surface area contributed by atoms with E-state index < -0.39 is 40.4 Å². The number of alkyl halides is 6. The first kappa shape index (κ1) is 26.3. The van der Waals surface area contributed by atoms with Crippen LogP contribution in [0.3, 0.4) is 0 Å². The summed E-state index contributed by atoms with van der Waals surface area (Å²) >= 11 is 1.06. The summed E-state index contributed by atoms with van der Waals surface area (Å²) < 4.78 is 79.2. The van der Waals surface area contributed by atoms with Gasteiger partial charge < -0.3 is 4.98 Å². The largest absolute Gasteiger partial charge is 0.416 e. The van der Waals surface area contributed by atoms with Gasteiger partial charge >= 0.3 is 12.4 Å². The molecule has 0 saturated carbocycles. The molecule has 6 nitrogen and oxygen atoms in total. The number of hydrogen-bond acceptors (Lipinski definition) is 5. The summed E-state index contributed by atoms with van der Waals surface area (Å²) in [5.41, 5.74) is -2.93. The third-order valence-corrected chi connectivity index (χ3v) is 5.92. The minimum atomic E-state index is -4.99. The fraction of sp³-hybridized carbons (Fsp3) is 0.273. The van der Waals surface area contributed by atoms with Crippen LogP contribution in [0.1, 0.15) is 40.4 Å². The lowest BCUT2D eigenvalue weighted by Gasteiger charge is -2.15. The van der Waals surface area contributed by atoms with Crippen molar-refractivity contribution < 1.29 is 31.3 Å². The first-order chi connectivity index (χ1) is 16.3. The minimum Gasteiger partial charge on any atom is -0.301 e. The van der Waals surface area contributed by atoms with Crippen LogP contribution in [-0.2, 0) is 30.9 Å². The summed E-state index contributed by atoms with van der Waals surface area (Å²) in [6, 6.07) is 6.92. The highest BCUT2D eigenvalue weighted by atomic mass is 32.2. The quantitative estimate of drug-likeness (QED) is 0.133. The number of H-pyrrole nitrogens is 1. The summed E-state index contributed by atoms with van der Waals surface area (Å²) in [4.78, 5) is 29.6.